The quantitative estimate of drug-likeness (QED) is 0.494. The Kier molecular flexibility index (Phi) is 4.05. The van der Waals surface area contributed by atoms with E-state index in [-0.39, 0.29) is 6.79 Å². The summed E-state index contributed by atoms with van der Waals surface area (Å²) in [5, 5.41) is 8.19. The van der Waals surface area contributed by atoms with E-state index in [0.717, 1.165) is 29.5 Å². The van der Waals surface area contributed by atoms with E-state index in [2.05, 4.69) is 20.7 Å². The summed E-state index contributed by atoms with van der Waals surface area (Å²) >= 11 is 5.35. The van der Waals surface area contributed by atoms with Crippen LogP contribution in [0.1, 0.15) is 18.4 Å². The summed E-state index contributed by atoms with van der Waals surface area (Å²) in [6.07, 6.45) is 4.26. The molecule has 3 saturated heterocycles. The Hall–Kier alpha value is -1.86. The molecule has 1 aromatic rings. The lowest BCUT2D eigenvalue weighted by atomic mass is 9.84. The van der Waals surface area contributed by atoms with Crippen LogP contribution in [0.15, 0.2) is 23.3 Å². The topological polar surface area (TPSA) is 58.1 Å². The number of benzene rings is 1. The molecular weight excluding hydrogens is 312 g/mol. The van der Waals surface area contributed by atoms with E-state index in [9.17, 15) is 0 Å². The number of nitrogens with one attached hydrogen (secondary N) is 2. The number of piperidine rings is 3. The Morgan fingerprint density at radius 2 is 2.09 bits per heavy atom. The van der Waals surface area contributed by atoms with Gasteiger partial charge < -0.3 is 19.7 Å². The Balaban J connectivity index is 1.29. The molecule has 122 valence electrons. The number of nitrogens with zero attached hydrogens (tertiary/aromatic N) is 2. The van der Waals surface area contributed by atoms with Crippen molar-refractivity contribution in [1.29, 1.82) is 0 Å². The lowest BCUT2D eigenvalue weighted by Crippen LogP contribution is -2.58. The predicted octanol–water partition coefficient (Wildman–Crippen LogP) is 1.31. The number of hydrazone groups is 1. The van der Waals surface area contributed by atoms with Gasteiger partial charge in [0.15, 0.2) is 16.6 Å². The highest BCUT2D eigenvalue weighted by atomic mass is 32.1. The van der Waals surface area contributed by atoms with E-state index in [4.69, 9.17) is 21.7 Å². The SMILES string of the molecule is S=C(N/N=C/c1ccc2c(c1)OCO2)N[C@@H]1CN2CCC1CC2. The molecule has 0 saturated carbocycles. The highest BCUT2D eigenvalue weighted by Crippen LogP contribution is 2.32. The first-order valence-corrected chi connectivity index (χ1v) is 8.40. The van der Waals surface area contributed by atoms with E-state index in [0.29, 0.717) is 11.2 Å². The van der Waals surface area contributed by atoms with Crippen LogP contribution >= 0.6 is 12.2 Å². The smallest absolute Gasteiger partial charge is 0.231 e. The molecule has 0 unspecified atom stereocenters. The first kappa shape index (κ1) is 14.7. The molecule has 7 heteroatoms. The van der Waals surface area contributed by atoms with Gasteiger partial charge in [0.1, 0.15) is 0 Å². The van der Waals surface area contributed by atoms with Crippen molar-refractivity contribution in [3.8, 4) is 11.5 Å². The summed E-state index contributed by atoms with van der Waals surface area (Å²) in [6.45, 7) is 3.82. The van der Waals surface area contributed by atoms with Crippen molar-refractivity contribution >= 4 is 23.5 Å². The van der Waals surface area contributed by atoms with Gasteiger partial charge in [-0.2, -0.15) is 5.10 Å². The minimum Gasteiger partial charge on any atom is -0.454 e. The lowest BCUT2D eigenvalue weighted by molar-refractivity contribution is 0.0812. The molecule has 0 aliphatic carbocycles. The molecule has 0 spiro atoms. The van der Waals surface area contributed by atoms with Crippen LogP contribution in [-0.2, 0) is 0 Å². The van der Waals surface area contributed by atoms with Gasteiger partial charge >= 0.3 is 0 Å². The van der Waals surface area contributed by atoms with Crippen LogP contribution in [0.2, 0.25) is 0 Å². The number of thiocarbonyl (C=S) groups is 1. The molecule has 4 aliphatic rings. The number of fused-ring (bicyclic) bond motifs is 4. The van der Waals surface area contributed by atoms with Crippen LogP contribution < -0.4 is 20.2 Å². The van der Waals surface area contributed by atoms with Crippen LogP contribution in [0.5, 0.6) is 11.5 Å². The zero-order valence-electron chi connectivity index (χ0n) is 12.8. The van der Waals surface area contributed by atoms with Crippen LogP contribution in [0, 0.1) is 5.92 Å². The second-order valence-electron chi connectivity index (χ2n) is 6.20. The summed E-state index contributed by atoms with van der Waals surface area (Å²) in [6, 6.07) is 6.16. The highest BCUT2D eigenvalue weighted by molar-refractivity contribution is 7.80. The molecule has 6 nitrogen and oxygen atoms in total. The van der Waals surface area contributed by atoms with Gasteiger partial charge in [0.2, 0.25) is 6.79 Å². The Morgan fingerprint density at radius 3 is 2.87 bits per heavy atom. The Morgan fingerprint density at radius 1 is 1.26 bits per heavy atom. The number of hydrogen-bond donors (Lipinski definition) is 2. The van der Waals surface area contributed by atoms with Crippen molar-refractivity contribution in [1.82, 2.24) is 15.6 Å². The third-order valence-electron chi connectivity index (χ3n) is 4.75. The minimum absolute atomic E-state index is 0.280. The fourth-order valence-corrected chi connectivity index (χ4v) is 3.69. The van der Waals surface area contributed by atoms with Gasteiger partial charge in [-0.3, -0.25) is 5.43 Å². The van der Waals surface area contributed by atoms with E-state index >= 15 is 0 Å². The Bertz CT molecular complexity index is 629. The number of hydrogen-bond acceptors (Lipinski definition) is 5. The molecule has 3 fully saturated rings. The third kappa shape index (κ3) is 3.25. The third-order valence-corrected chi connectivity index (χ3v) is 4.96. The number of rotatable bonds is 3. The summed E-state index contributed by atoms with van der Waals surface area (Å²) < 4.78 is 10.6. The molecule has 1 aromatic carbocycles. The number of ether oxygens (including phenoxy) is 2. The fraction of sp³-hybridized carbons (Fsp3) is 0.500. The molecule has 1 atom stereocenters. The van der Waals surface area contributed by atoms with Crippen molar-refractivity contribution in [3.63, 3.8) is 0 Å². The fourth-order valence-electron chi connectivity index (χ4n) is 3.49. The molecule has 0 radical (unpaired) electrons. The molecular formula is C16H20N4O2S. The van der Waals surface area contributed by atoms with Crippen LogP contribution in [0.25, 0.3) is 0 Å². The van der Waals surface area contributed by atoms with Crippen LogP contribution in [-0.4, -0.2) is 48.7 Å². The first-order chi connectivity index (χ1) is 11.3. The lowest BCUT2D eigenvalue weighted by Gasteiger charge is -2.45. The minimum atomic E-state index is 0.280. The van der Waals surface area contributed by atoms with E-state index in [1.54, 1.807) is 6.21 Å². The highest BCUT2D eigenvalue weighted by Gasteiger charge is 2.34. The van der Waals surface area contributed by atoms with Crippen molar-refractivity contribution < 1.29 is 9.47 Å². The maximum atomic E-state index is 5.35. The zero-order valence-corrected chi connectivity index (χ0v) is 13.6. The van der Waals surface area contributed by atoms with Gasteiger partial charge in [0, 0.05) is 12.6 Å². The van der Waals surface area contributed by atoms with Crippen molar-refractivity contribution in [3.05, 3.63) is 23.8 Å². The van der Waals surface area contributed by atoms with Crippen molar-refractivity contribution in [2.45, 2.75) is 18.9 Å². The predicted molar refractivity (Wildman–Crippen MR) is 92.0 cm³/mol. The van der Waals surface area contributed by atoms with Crippen LogP contribution in [0.4, 0.5) is 0 Å². The standard InChI is InChI=1S/C16H20N4O2S/c23-16(18-13-9-20-5-3-12(13)4-6-20)19-17-8-11-1-2-14-15(7-11)22-10-21-14/h1-2,7-8,12-13H,3-6,9-10H2,(H2,18,19,23)/b17-8+/t13-/m1/s1. The summed E-state index contributed by atoms with van der Waals surface area (Å²) in [7, 11) is 0. The maximum Gasteiger partial charge on any atom is 0.231 e. The Labute approximate surface area is 140 Å². The molecule has 0 amide bonds. The van der Waals surface area contributed by atoms with Crippen molar-refractivity contribution in [2.75, 3.05) is 26.4 Å². The van der Waals surface area contributed by atoms with Gasteiger partial charge in [-0.15, -0.1) is 0 Å². The molecule has 0 aromatic heterocycles. The van der Waals surface area contributed by atoms with Gasteiger partial charge in [-0.25, -0.2) is 0 Å². The monoisotopic (exact) mass is 332 g/mol. The zero-order chi connectivity index (χ0) is 15.6. The van der Waals surface area contributed by atoms with Gasteiger partial charge in [-0.05, 0) is 67.8 Å². The molecule has 23 heavy (non-hydrogen) atoms. The second-order valence-corrected chi connectivity index (χ2v) is 6.61. The normalized spacial score (nSPS) is 28.1. The molecule has 5 rings (SSSR count). The van der Waals surface area contributed by atoms with E-state index < -0.39 is 0 Å². The summed E-state index contributed by atoms with van der Waals surface area (Å²) in [4.78, 5) is 2.50. The van der Waals surface area contributed by atoms with E-state index in [1.807, 2.05) is 18.2 Å². The first-order valence-electron chi connectivity index (χ1n) is 7.99. The summed E-state index contributed by atoms with van der Waals surface area (Å²) in [5.41, 5.74) is 3.84. The van der Waals surface area contributed by atoms with E-state index in [1.165, 1.54) is 25.9 Å². The average Bonchev–Trinajstić information content (AvgIpc) is 3.03. The second kappa shape index (κ2) is 6.33. The molecule has 2 N–H and O–H groups in total. The molecule has 4 aliphatic heterocycles. The molecule has 4 heterocycles. The van der Waals surface area contributed by atoms with Crippen LogP contribution in [0.3, 0.4) is 0 Å². The molecule has 2 bridgehead atoms. The maximum absolute atomic E-state index is 5.35. The van der Waals surface area contributed by atoms with Gasteiger partial charge in [0.05, 0.1) is 6.21 Å². The van der Waals surface area contributed by atoms with Crippen molar-refractivity contribution in [2.24, 2.45) is 11.0 Å². The van der Waals surface area contributed by atoms with Gasteiger partial charge in [-0.1, -0.05) is 0 Å². The summed E-state index contributed by atoms with van der Waals surface area (Å²) in [5.74, 6) is 2.26. The van der Waals surface area contributed by atoms with Gasteiger partial charge in [0.25, 0.3) is 0 Å². The largest absolute Gasteiger partial charge is 0.454 e. The average molecular weight is 332 g/mol.